The molecule has 0 spiro atoms. The molecule has 0 unspecified atom stereocenters. The molecule has 1 aromatic heterocycles. The van der Waals surface area contributed by atoms with Crippen LogP contribution in [-0.2, 0) is 38.0 Å². The monoisotopic (exact) mass is 542 g/mol. The van der Waals surface area contributed by atoms with Gasteiger partial charge in [0.05, 0.1) is 30.6 Å². The lowest BCUT2D eigenvalue weighted by Crippen LogP contribution is -2.12. The first kappa shape index (κ1) is 26.5. The molecule has 4 aromatic carbocycles. The van der Waals surface area contributed by atoms with Gasteiger partial charge in [0.25, 0.3) is 5.56 Å². The first-order valence-electron chi connectivity index (χ1n) is 12.0. The lowest BCUT2D eigenvalue weighted by atomic mass is 9.99. The average Bonchev–Trinajstić information content (AvgIpc) is 2.97. The van der Waals surface area contributed by atoms with Gasteiger partial charge in [0, 0.05) is 5.56 Å². The maximum Gasteiger partial charge on any atom is 0.475 e. The van der Waals surface area contributed by atoms with Crippen molar-refractivity contribution in [3.63, 3.8) is 0 Å². The van der Waals surface area contributed by atoms with Gasteiger partial charge < -0.3 is 4.74 Å². The third kappa shape index (κ3) is 5.70. The Labute approximate surface area is 225 Å². The quantitative estimate of drug-likeness (QED) is 0.190. The van der Waals surface area contributed by atoms with E-state index in [9.17, 15) is 9.36 Å². The lowest BCUT2D eigenvalue weighted by Gasteiger charge is -2.21. The summed E-state index contributed by atoms with van der Waals surface area (Å²) in [5.74, 6) is 1.16. The second kappa shape index (κ2) is 11.4. The topological polar surface area (TPSA) is 99.7 Å². The molecule has 0 saturated carbocycles. The van der Waals surface area contributed by atoms with E-state index in [0.29, 0.717) is 39.1 Å². The highest BCUT2D eigenvalue weighted by Crippen LogP contribution is 2.52. The molecule has 1 N–H and O–H groups in total. The number of phosphoric acid groups is 1. The van der Waals surface area contributed by atoms with Gasteiger partial charge in [0.15, 0.2) is 0 Å². The van der Waals surface area contributed by atoms with Gasteiger partial charge in [-0.3, -0.25) is 18.4 Å². The Hall–Kier alpha value is -4.07. The molecule has 0 fully saturated rings. The van der Waals surface area contributed by atoms with Crippen LogP contribution in [-0.4, -0.2) is 10.2 Å². The number of benzene rings is 4. The van der Waals surface area contributed by atoms with Crippen molar-refractivity contribution in [2.45, 2.75) is 27.2 Å². The van der Waals surface area contributed by atoms with Crippen molar-refractivity contribution in [1.82, 2.24) is 10.2 Å². The molecule has 0 saturated heterocycles. The van der Waals surface area contributed by atoms with Crippen molar-refractivity contribution < 1.29 is 22.9 Å². The van der Waals surface area contributed by atoms with E-state index >= 15 is 0 Å². The number of phosphoric ester groups is 1. The smallest absolute Gasteiger partial charge is 0.456 e. The van der Waals surface area contributed by atoms with Gasteiger partial charge in [-0.05, 0) is 41.0 Å². The molecule has 39 heavy (non-hydrogen) atoms. The Morgan fingerprint density at radius 1 is 0.718 bits per heavy atom. The number of hydrogen-bond acceptors (Lipinski definition) is 7. The van der Waals surface area contributed by atoms with Crippen molar-refractivity contribution in [3.05, 3.63) is 124 Å². The molecular weight excluding hydrogens is 515 g/mol. The highest BCUT2D eigenvalue weighted by molar-refractivity contribution is 7.48. The molecule has 198 valence electrons. The van der Waals surface area contributed by atoms with Gasteiger partial charge in [-0.25, -0.2) is 9.66 Å². The molecule has 0 aliphatic carbocycles. The summed E-state index contributed by atoms with van der Waals surface area (Å²) in [5, 5.41) is 7.99. The number of nitrogens with one attached hydrogen (secondary N) is 1. The Morgan fingerprint density at radius 3 is 1.97 bits per heavy atom. The summed E-state index contributed by atoms with van der Waals surface area (Å²) in [5.41, 5.74) is 3.40. The van der Waals surface area contributed by atoms with Gasteiger partial charge in [-0.2, -0.15) is 5.10 Å². The molecule has 0 radical (unpaired) electrons. The average molecular weight is 543 g/mol. The molecule has 0 bridgehead atoms. The normalized spacial score (nSPS) is 11.9. The molecule has 5 aromatic rings. The van der Waals surface area contributed by atoms with Crippen molar-refractivity contribution in [1.29, 1.82) is 0 Å². The van der Waals surface area contributed by atoms with E-state index in [-0.39, 0.29) is 32.8 Å². The van der Waals surface area contributed by atoms with Crippen LogP contribution in [0.25, 0.3) is 22.0 Å². The summed E-state index contributed by atoms with van der Waals surface area (Å²) >= 11 is 0. The van der Waals surface area contributed by atoms with Crippen LogP contribution in [0, 0.1) is 0 Å². The van der Waals surface area contributed by atoms with E-state index in [2.05, 4.69) is 10.2 Å². The van der Waals surface area contributed by atoms with Crippen molar-refractivity contribution in [3.8, 4) is 22.8 Å². The van der Waals surface area contributed by atoms with Crippen LogP contribution in [0.3, 0.4) is 0 Å². The number of aromatic amines is 1. The molecule has 8 nitrogen and oxygen atoms in total. The Kier molecular flexibility index (Phi) is 7.72. The zero-order valence-corrected chi connectivity index (χ0v) is 21.1. The number of fused-ring (bicyclic) bond motifs is 2. The van der Waals surface area contributed by atoms with E-state index in [1.54, 1.807) is 24.3 Å². The SMILES string of the molecule is C.O=c1[nH]nc2c3c(cccc13)Oc1ccc(COP(=O)(OCc3ccccc3)OCc3ccccc3)cc1-2. The van der Waals surface area contributed by atoms with Crippen molar-refractivity contribution in [2.24, 2.45) is 0 Å². The third-order valence-corrected chi connectivity index (χ3v) is 7.49. The molecule has 6 rings (SSSR count). The Bertz CT molecular complexity index is 1660. The second-order valence-corrected chi connectivity index (χ2v) is 10.4. The standard InChI is InChI=1S/C29H23N2O6P.CH4/c32-29-23-12-7-13-26-27(23)28(30-31-29)24-16-22(14-15-25(24)37-26)19-36-38(33,34-17-20-8-3-1-4-9-20)35-18-21-10-5-2-6-11-21;/h1-16H,17-19H2,(H,31,32);1H4. The van der Waals surface area contributed by atoms with Crippen LogP contribution in [0.2, 0.25) is 0 Å². The highest BCUT2D eigenvalue weighted by Gasteiger charge is 2.28. The number of rotatable bonds is 9. The number of nitrogens with zero attached hydrogens (tertiary/aromatic N) is 1. The number of aromatic nitrogens is 2. The zero-order chi connectivity index (χ0) is 26.0. The maximum atomic E-state index is 13.6. The van der Waals surface area contributed by atoms with Crippen LogP contribution in [0.5, 0.6) is 11.5 Å². The van der Waals surface area contributed by atoms with Gasteiger partial charge in [-0.15, -0.1) is 0 Å². The molecule has 0 atom stereocenters. The molecular formula is C30H27N2O6P. The molecule has 2 heterocycles. The minimum atomic E-state index is -3.94. The number of hydrogen-bond donors (Lipinski definition) is 1. The molecule has 9 heteroatoms. The van der Waals surface area contributed by atoms with Crippen LogP contribution in [0.1, 0.15) is 24.1 Å². The van der Waals surface area contributed by atoms with E-state index in [1.807, 2.05) is 72.8 Å². The predicted molar refractivity (Wildman–Crippen MR) is 149 cm³/mol. The summed E-state index contributed by atoms with van der Waals surface area (Å²) in [6.07, 6.45) is 0. The van der Waals surface area contributed by atoms with Gasteiger partial charge >= 0.3 is 7.82 Å². The van der Waals surface area contributed by atoms with Gasteiger partial charge in [0.2, 0.25) is 0 Å². The van der Waals surface area contributed by atoms with E-state index < -0.39 is 7.82 Å². The minimum Gasteiger partial charge on any atom is -0.456 e. The van der Waals surface area contributed by atoms with Crippen LogP contribution in [0.15, 0.2) is 102 Å². The fourth-order valence-electron chi connectivity index (χ4n) is 4.25. The van der Waals surface area contributed by atoms with E-state index in [4.69, 9.17) is 18.3 Å². The maximum absolute atomic E-state index is 13.6. The fraction of sp³-hybridized carbons (Fsp3) is 0.133. The third-order valence-electron chi connectivity index (χ3n) is 6.15. The summed E-state index contributed by atoms with van der Waals surface area (Å²) in [4.78, 5) is 12.3. The summed E-state index contributed by atoms with van der Waals surface area (Å²) in [7, 11) is -3.94. The van der Waals surface area contributed by atoms with E-state index in [0.717, 1.165) is 11.1 Å². The number of H-pyrrole nitrogens is 1. The highest BCUT2D eigenvalue weighted by atomic mass is 31.2. The van der Waals surface area contributed by atoms with Crippen molar-refractivity contribution in [2.75, 3.05) is 0 Å². The molecule has 1 aliphatic rings. The summed E-state index contributed by atoms with van der Waals surface area (Å²) < 4.78 is 36.9. The van der Waals surface area contributed by atoms with Crippen LogP contribution < -0.4 is 10.3 Å². The Balaban J connectivity index is 0.00000308. The Morgan fingerprint density at radius 2 is 1.33 bits per heavy atom. The predicted octanol–water partition coefficient (Wildman–Crippen LogP) is 7.39. The second-order valence-electron chi connectivity index (χ2n) is 8.75. The van der Waals surface area contributed by atoms with Crippen LogP contribution >= 0.6 is 7.82 Å². The number of ether oxygens (including phenoxy) is 1. The fourth-order valence-corrected chi connectivity index (χ4v) is 5.39. The summed E-state index contributed by atoms with van der Waals surface area (Å²) in [6.45, 7) is 0.101. The van der Waals surface area contributed by atoms with Crippen LogP contribution in [0.4, 0.5) is 0 Å². The van der Waals surface area contributed by atoms with Gasteiger partial charge in [-0.1, -0.05) is 80.2 Å². The lowest BCUT2D eigenvalue weighted by molar-refractivity contribution is 0.0978. The van der Waals surface area contributed by atoms with Crippen molar-refractivity contribution >= 4 is 18.6 Å². The van der Waals surface area contributed by atoms with E-state index in [1.165, 1.54) is 0 Å². The molecule has 1 aliphatic heterocycles. The first-order chi connectivity index (χ1) is 18.6. The minimum absolute atomic E-state index is 0. The van der Waals surface area contributed by atoms with Gasteiger partial charge in [0.1, 0.15) is 17.2 Å². The molecule has 0 amide bonds. The summed E-state index contributed by atoms with van der Waals surface area (Å²) in [6, 6.07) is 29.6. The largest absolute Gasteiger partial charge is 0.475 e. The zero-order valence-electron chi connectivity index (χ0n) is 20.2. The first-order valence-corrected chi connectivity index (χ1v) is 13.5.